The van der Waals surface area contributed by atoms with Gasteiger partial charge in [0.1, 0.15) is 6.61 Å². The van der Waals surface area contributed by atoms with Crippen LogP contribution in [0.1, 0.15) is 48.7 Å². The van der Waals surface area contributed by atoms with E-state index < -0.39 is 15.9 Å². The third-order valence-corrected chi connectivity index (χ3v) is 6.80. The van der Waals surface area contributed by atoms with Crippen LogP contribution in [0, 0.1) is 24.0 Å². The van der Waals surface area contributed by atoms with E-state index in [1.54, 1.807) is 6.07 Å². The van der Waals surface area contributed by atoms with Gasteiger partial charge in [0.25, 0.3) is 0 Å². The quantitative estimate of drug-likeness (QED) is 0.314. The van der Waals surface area contributed by atoms with E-state index in [1.807, 2.05) is 32.0 Å². The third-order valence-electron chi connectivity index (χ3n) is 5.41. The zero-order chi connectivity index (χ0) is 26.7. The molecule has 3 aromatic rings. The van der Waals surface area contributed by atoms with Gasteiger partial charge in [0.2, 0.25) is 11.8 Å². The second-order valence-electron chi connectivity index (χ2n) is 10.0. The minimum atomic E-state index is -3.68. The molecule has 3 rings (SSSR count). The lowest BCUT2D eigenvalue weighted by molar-refractivity contribution is 0.0696. The molecule has 9 nitrogen and oxygen atoms in total. The van der Waals surface area contributed by atoms with E-state index in [-0.39, 0.29) is 40.4 Å². The largest absolute Gasteiger partial charge is 0.478 e. The maximum Gasteiger partial charge on any atom is 0.335 e. The maximum absolute atomic E-state index is 13.3. The molecule has 0 amide bonds. The van der Waals surface area contributed by atoms with E-state index in [1.165, 1.54) is 24.3 Å². The number of carboxylic acids is 1. The zero-order valence-corrected chi connectivity index (χ0v) is 22.0. The van der Waals surface area contributed by atoms with Gasteiger partial charge in [-0.2, -0.15) is 4.98 Å². The van der Waals surface area contributed by atoms with Crippen LogP contribution in [-0.4, -0.2) is 37.9 Å². The molecule has 0 bridgehead atoms. The summed E-state index contributed by atoms with van der Waals surface area (Å²) >= 11 is 0. The highest BCUT2D eigenvalue weighted by atomic mass is 32.2. The summed E-state index contributed by atoms with van der Waals surface area (Å²) < 4.78 is 30.2. The first-order chi connectivity index (χ1) is 16.7. The number of aromatic nitrogens is 2. The van der Waals surface area contributed by atoms with E-state index in [2.05, 4.69) is 35.5 Å². The van der Waals surface area contributed by atoms with Gasteiger partial charge in [-0.3, -0.25) is 4.72 Å². The number of aromatic carboxylic acids is 1. The van der Waals surface area contributed by atoms with Crippen LogP contribution in [-0.2, 0) is 9.92 Å². The Bertz CT molecular complexity index is 1350. The number of carbonyl (C=O) groups is 1. The fourth-order valence-corrected chi connectivity index (χ4v) is 4.95. The summed E-state index contributed by atoms with van der Waals surface area (Å²) in [6.07, 6.45) is 0.743. The summed E-state index contributed by atoms with van der Waals surface area (Å²) in [4.78, 5) is 20.2. The van der Waals surface area contributed by atoms with E-state index in [0.29, 0.717) is 5.69 Å². The normalized spacial score (nSPS) is 14.1. The highest BCUT2D eigenvalue weighted by molar-refractivity contribution is 7.93. The van der Waals surface area contributed by atoms with Crippen molar-refractivity contribution in [3.8, 4) is 17.1 Å². The Morgan fingerprint density at radius 1 is 1.14 bits per heavy atom. The maximum atomic E-state index is 13.3. The van der Waals surface area contributed by atoms with Gasteiger partial charge >= 0.3 is 5.97 Å². The number of nitrogens with one attached hydrogen (secondary N) is 2. The van der Waals surface area contributed by atoms with E-state index >= 15 is 0 Å². The van der Waals surface area contributed by atoms with Crippen LogP contribution in [0.3, 0.4) is 0 Å². The Labute approximate surface area is 212 Å². The molecule has 0 saturated carbocycles. The Balaban J connectivity index is 2.00. The molecule has 1 heterocycles. The topological polar surface area (TPSA) is 151 Å². The van der Waals surface area contributed by atoms with Crippen molar-refractivity contribution in [2.75, 3.05) is 11.3 Å². The number of carboxylic acid groups (broad SMARTS) is 1. The molecule has 36 heavy (non-hydrogen) atoms. The van der Waals surface area contributed by atoms with Gasteiger partial charge in [0.05, 0.1) is 16.2 Å². The monoisotopic (exact) mass is 511 g/mol. The fourth-order valence-electron chi connectivity index (χ4n) is 3.92. The lowest BCUT2D eigenvalue weighted by Gasteiger charge is -2.23. The molecule has 192 valence electrons. The molecule has 0 radical (unpaired) electrons. The van der Waals surface area contributed by atoms with Gasteiger partial charge in [-0.05, 0) is 55.0 Å². The zero-order valence-electron chi connectivity index (χ0n) is 21.2. The Morgan fingerprint density at radius 3 is 2.39 bits per heavy atom. The van der Waals surface area contributed by atoms with Crippen molar-refractivity contribution in [3.05, 3.63) is 65.2 Å². The van der Waals surface area contributed by atoms with E-state index in [0.717, 1.165) is 23.1 Å². The third kappa shape index (κ3) is 7.02. The Kier molecular flexibility index (Phi) is 8.00. The SMILES string of the molecule is Cc1cccc(C)c1-c1cc(OC[C@H](N)CC(C)(C)C)nc(NS(=N)(=O)c2cccc(C(=O)O)c2)n1. The van der Waals surface area contributed by atoms with Crippen molar-refractivity contribution in [3.63, 3.8) is 0 Å². The summed E-state index contributed by atoms with van der Waals surface area (Å²) in [6, 6.07) is 12.8. The molecule has 1 unspecified atom stereocenters. The minimum absolute atomic E-state index is 0.00172. The molecule has 0 aliphatic carbocycles. The number of hydrogen-bond donors (Lipinski definition) is 4. The molecule has 0 saturated heterocycles. The van der Waals surface area contributed by atoms with Crippen LogP contribution >= 0.6 is 0 Å². The van der Waals surface area contributed by atoms with Crippen LogP contribution < -0.4 is 15.2 Å². The number of hydrogen-bond acceptors (Lipinski definition) is 7. The smallest absolute Gasteiger partial charge is 0.335 e. The summed E-state index contributed by atoms with van der Waals surface area (Å²) in [5.41, 5.74) is 9.59. The summed E-state index contributed by atoms with van der Waals surface area (Å²) in [5.74, 6) is -1.03. The predicted molar refractivity (Wildman–Crippen MR) is 141 cm³/mol. The number of nitrogens with zero attached hydrogens (tertiary/aromatic N) is 2. The highest BCUT2D eigenvalue weighted by Gasteiger charge is 2.19. The Morgan fingerprint density at radius 2 is 1.78 bits per heavy atom. The lowest BCUT2D eigenvalue weighted by atomic mass is 9.89. The van der Waals surface area contributed by atoms with Crippen molar-refractivity contribution in [2.45, 2.75) is 52.0 Å². The minimum Gasteiger partial charge on any atom is -0.478 e. The van der Waals surface area contributed by atoms with Gasteiger partial charge in [-0.25, -0.2) is 18.8 Å². The van der Waals surface area contributed by atoms with Gasteiger partial charge in [0.15, 0.2) is 9.92 Å². The molecule has 5 N–H and O–H groups in total. The van der Waals surface area contributed by atoms with Crippen LogP contribution in [0.4, 0.5) is 5.95 Å². The number of benzene rings is 2. The first kappa shape index (κ1) is 27.1. The molecule has 1 aromatic heterocycles. The number of anilines is 1. The number of aryl methyl sites for hydroxylation is 2. The number of nitrogens with two attached hydrogens (primary N) is 1. The molecular weight excluding hydrogens is 478 g/mol. The lowest BCUT2D eigenvalue weighted by Crippen LogP contribution is -2.32. The van der Waals surface area contributed by atoms with Gasteiger partial charge in [0, 0.05) is 17.7 Å². The van der Waals surface area contributed by atoms with Crippen LogP contribution in [0.5, 0.6) is 5.88 Å². The average Bonchev–Trinajstić information content (AvgIpc) is 2.76. The van der Waals surface area contributed by atoms with Crippen molar-refractivity contribution in [2.24, 2.45) is 11.1 Å². The fraction of sp³-hybridized carbons (Fsp3) is 0.346. The number of rotatable bonds is 9. The summed E-state index contributed by atoms with van der Waals surface area (Å²) in [7, 11) is -3.68. The van der Waals surface area contributed by atoms with Gasteiger partial charge in [-0.15, -0.1) is 0 Å². The van der Waals surface area contributed by atoms with E-state index in [4.69, 9.17) is 15.3 Å². The molecule has 0 aliphatic heterocycles. The van der Waals surface area contributed by atoms with Gasteiger partial charge < -0.3 is 15.6 Å². The predicted octanol–water partition coefficient (Wildman–Crippen LogP) is 5.03. The first-order valence-electron chi connectivity index (χ1n) is 11.5. The molecule has 10 heteroatoms. The average molecular weight is 512 g/mol. The second-order valence-corrected chi connectivity index (χ2v) is 11.8. The molecule has 0 aliphatic rings. The van der Waals surface area contributed by atoms with Crippen molar-refractivity contribution < 1.29 is 18.8 Å². The van der Waals surface area contributed by atoms with Crippen molar-refractivity contribution >= 4 is 21.8 Å². The molecule has 2 aromatic carbocycles. The first-order valence-corrected chi connectivity index (χ1v) is 13.0. The van der Waals surface area contributed by atoms with Gasteiger partial charge in [-0.1, -0.05) is 45.0 Å². The molecule has 0 spiro atoms. The van der Waals surface area contributed by atoms with Crippen LogP contribution in [0.15, 0.2) is 53.4 Å². The molecule has 2 atom stereocenters. The second kappa shape index (κ2) is 10.6. The van der Waals surface area contributed by atoms with Crippen LogP contribution in [0.25, 0.3) is 11.3 Å². The molecular formula is C26H33N5O4S. The molecule has 0 fully saturated rings. The summed E-state index contributed by atoms with van der Waals surface area (Å²) in [6.45, 7) is 10.4. The number of ether oxygens (including phenoxy) is 1. The highest BCUT2D eigenvalue weighted by Crippen LogP contribution is 2.30. The van der Waals surface area contributed by atoms with E-state index in [9.17, 15) is 14.1 Å². The van der Waals surface area contributed by atoms with Crippen LogP contribution in [0.2, 0.25) is 0 Å². The van der Waals surface area contributed by atoms with Crippen molar-refractivity contribution in [1.29, 1.82) is 4.78 Å². The standard InChI is InChI=1S/C26H33N5O4S/c1-16-8-6-9-17(2)23(16)21-13-22(35-15-19(27)14-26(3,4)5)30-25(29-21)31-36(28,34)20-11-7-10-18(12-20)24(32)33/h6-13,19H,14-15,27H2,1-5H3,(H,32,33)(H2,28,29,30,31,34)/t19-,36?/m1/s1. The Hall–Kier alpha value is -3.50. The summed E-state index contributed by atoms with van der Waals surface area (Å²) in [5, 5.41) is 9.26. The van der Waals surface area contributed by atoms with Crippen molar-refractivity contribution in [1.82, 2.24) is 9.97 Å².